The highest BCUT2D eigenvalue weighted by Crippen LogP contribution is 2.21. The molecule has 0 radical (unpaired) electrons. The average molecular weight is 281 g/mol. The number of nitrogens with zero attached hydrogens (tertiary/aromatic N) is 2. The Hall–Kier alpha value is -2.35. The number of H-pyrrole nitrogens is 1. The van der Waals surface area contributed by atoms with Crippen LogP contribution in [0.25, 0.3) is 0 Å². The molecule has 2 rings (SSSR count). The van der Waals surface area contributed by atoms with Gasteiger partial charge in [-0.1, -0.05) is 18.2 Å². The molecule has 0 aliphatic rings. The summed E-state index contributed by atoms with van der Waals surface area (Å²) in [5.74, 6) is -1.24. The third-order valence-electron chi connectivity index (χ3n) is 2.36. The summed E-state index contributed by atoms with van der Waals surface area (Å²) in [5, 5.41) is 8.72. The number of aromatic nitrogens is 2. The van der Waals surface area contributed by atoms with Crippen molar-refractivity contribution in [2.75, 3.05) is 10.8 Å². The Bertz CT molecular complexity index is 653. The number of sulfonamides is 1. The molecule has 100 valence electrons. The fourth-order valence-corrected chi connectivity index (χ4v) is 2.85. The lowest BCUT2D eigenvalue weighted by Gasteiger charge is -2.21. The van der Waals surface area contributed by atoms with E-state index in [-0.39, 0.29) is 10.7 Å². The molecular weight excluding hydrogens is 270 g/mol. The molecule has 8 heteroatoms. The van der Waals surface area contributed by atoms with E-state index in [0.29, 0.717) is 0 Å². The van der Waals surface area contributed by atoms with Gasteiger partial charge in [-0.05, 0) is 12.1 Å². The number of carboxylic acid groups (broad SMARTS) is 1. The van der Waals surface area contributed by atoms with Crippen molar-refractivity contribution in [3.05, 3.63) is 42.9 Å². The minimum Gasteiger partial charge on any atom is -0.480 e. The van der Waals surface area contributed by atoms with Crippen LogP contribution in [-0.4, -0.2) is 36.0 Å². The molecule has 0 bridgehead atoms. The Balaban J connectivity index is 2.47. The molecule has 0 unspecified atom stereocenters. The SMILES string of the molecule is O=C(O)CN(c1ccccc1)S(=O)(=O)c1cnc[nH]1. The smallest absolute Gasteiger partial charge is 0.324 e. The summed E-state index contributed by atoms with van der Waals surface area (Å²) in [7, 11) is -3.97. The molecule has 0 saturated carbocycles. The number of anilines is 1. The number of para-hydroxylation sites is 1. The lowest BCUT2D eigenvalue weighted by atomic mass is 10.3. The van der Waals surface area contributed by atoms with Gasteiger partial charge in [0.05, 0.1) is 18.2 Å². The van der Waals surface area contributed by atoms with Crippen LogP contribution < -0.4 is 4.31 Å². The summed E-state index contributed by atoms with van der Waals surface area (Å²) in [6, 6.07) is 8.03. The maximum Gasteiger partial charge on any atom is 0.324 e. The Morgan fingerprint density at radius 2 is 2.00 bits per heavy atom. The van der Waals surface area contributed by atoms with Gasteiger partial charge in [0.15, 0.2) is 5.03 Å². The minimum atomic E-state index is -3.97. The molecule has 7 nitrogen and oxygen atoms in total. The number of benzene rings is 1. The zero-order valence-electron chi connectivity index (χ0n) is 9.72. The predicted molar refractivity (Wildman–Crippen MR) is 67.2 cm³/mol. The van der Waals surface area contributed by atoms with Crippen LogP contribution in [0.3, 0.4) is 0 Å². The van der Waals surface area contributed by atoms with Crippen molar-refractivity contribution in [3.8, 4) is 0 Å². The molecule has 0 fully saturated rings. The van der Waals surface area contributed by atoms with E-state index >= 15 is 0 Å². The van der Waals surface area contributed by atoms with Gasteiger partial charge >= 0.3 is 5.97 Å². The maximum atomic E-state index is 12.3. The van der Waals surface area contributed by atoms with Crippen molar-refractivity contribution >= 4 is 21.7 Å². The summed E-state index contributed by atoms with van der Waals surface area (Å²) in [5.41, 5.74) is 0.277. The minimum absolute atomic E-state index is 0.155. The molecule has 19 heavy (non-hydrogen) atoms. The quantitative estimate of drug-likeness (QED) is 0.839. The molecule has 0 aliphatic carbocycles. The van der Waals surface area contributed by atoms with Crippen LogP contribution >= 0.6 is 0 Å². The van der Waals surface area contributed by atoms with Crippen molar-refractivity contribution in [2.45, 2.75) is 5.03 Å². The maximum absolute atomic E-state index is 12.3. The average Bonchev–Trinajstić information content (AvgIpc) is 2.91. The number of aromatic amines is 1. The zero-order chi connectivity index (χ0) is 13.9. The van der Waals surface area contributed by atoms with E-state index in [1.807, 2.05) is 0 Å². The molecule has 0 spiro atoms. The second kappa shape index (κ2) is 5.11. The topological polar surface area (TPSA) is 103 Å². The molecule has 1 aromatic carbocycles. The fraction of sp³-hybridized carbons (Fsp3) is 0.0909. The van der Waals surface area contributed by atoms with Gasteiger partial charge in [-0.25, -0.2) is 4.98 Å². The van der Waals surface area contributed by atoms with Gasteiger partial charge in [0.1, 0.15) is 6.54 Å². The van der Waals surface area contributed by atoms with E-state index in [1.165, 1.54) is 18.5 Å². The highest BCUT2D eigenvalue weighted by atomic mass is 32.2. The second-order valence-electron chi connectivity index (χ2n) is 3.66. The van der Waals surface area contributed by atoms with Crippen LogP contribution in [0, 0.1) is 0 Å². The van der Waals surface area contributed by atoms with E-state index in [0.717, 1.165) is 10.5 Å². The van der Waals surface area contributed by atoms with E-state index in [1.54, 1.807) is 18.2 Å². The number of aliphatic carboxylic acids is 1. The number of nitrogens with one attached hydrogen (secondary N) is 1. The number of hydrogen-bond donors (Lipinski definition) is 2. The monoisotopic (exact) mass is 281 g/mol. The first-order valence-electron chi connectivity index (χ1n) is 5.30. The number of carbonyl (C=O) groups is 1. The second-order valence-corrected chi connectivity index (χ2v) is 5.49. The first-order chi connectivity index (χ1) is 9.01. The van der Waals surface area contributed by atoms with Crippen LogP contribution in [0.2, 0.25) is 0 Å². The highest BCUT2D eigenvalue weighted by molar-refractivity contribution is 7.92. The van der Waals surface area contributed by atoms with E-state index < -0.39 is 22.5 Å². The Labute approximate surface area is 109 Å². The molecule has 0 aliphatic heterocycles. The molecule has 0 saturated heterocycles. The van der Waals surface area contributed by atoms with E-state index in [9.17, 15) is 13.2 Å². The number of hydrogen-bond acceptors (Lipinski definition) is 4. The van der Waals surface area contributed by atoms with Crippen LogP contribution in [0.5, 0.6) is 0 Å². The van der Waals surface area contributed by atoms with Gasteiger partial charge in [-0.15, -0.1) is 0 Å². The number of imidazole rings is 1. The largest absolute Gasteiger partial charge is 0.480 e. The van der Waals surface area contributed by atoms with Gasteiger partial charge < -0.3 is 10.1 Å². The lowest BCUT2D eigenvalue weighted by molar-refractivity contribution is -0.135. The standard InChI is InChI=1S/C11H11N3O4S/c15-11(16)7-14(9-4-2-1-3-5-9)19(17,18)10-6-12-8-13-10/h1-6,8H,7H2,(H,12,13)(H,15,16). The van der Waals surface area contributed by atoms with Gasteiger partial charge in [-0.2, -0.15) is 8.42 Å². The molecule has 2 N–H and O–H groups in total. The van der Waals surface area contributed by atoms with Crippen molar-refractivity contribution in [3.63, 3.8) is 0 Å². The first-order valence-corrected chi connectivity index (χ1v) is 6.74. The van der Waals surface area contributed by atoms with Gasteiger partial charge in [0.2, 0.25) is 0 Å². The Kier molecular flexibility index (Phi) is 3.52. The van der Waals surface area contributed by atoms with Crippen molar-refractivity contribution in [2.24, 2.45) is 0 Å². The van der Waals surface area contributed by atoms with Crippen LogP contribution in [0.1, 0.15) is 0 Å². The third-order valence-corrected chi connectivity index (χ3v) is 4.06. The predicted octanol–water partition coefficient (Wildman–Crippen LogP) is 0.690. The van der Waals surface area contributed by atoms with Crippen LogP contribution in [0.4, 0.5) is 5.69 Å². The van der Waals surface area contributed by atoms with Gasteiger partial charge in [0.25, 0.3) is 10.0 Å². The van der Waals surface area contributed by atoms with Crippen LogP contribution in [0.15, 0.2) is 47.9 Å². The van der Waals surface area contributed by atoms with Crippen molar-refractivity contribution < 1.29 is 18.3 Å². The molecule has 1 heterocycles. The normalized spacial score (nSPS) is 11.2. The Morgan fingerprint density at radius 3 is 2.53 bits per heavy atom. The zero-order valence-corrected chi connectivity index (χ0v) is 10.5. The molecule has 1 aromatic heterocycles. The molecule has 0 amide bonds. The fourth-order valence-electron chi connectivity index (χ4n) is 1.54. The molecule has 0 atom stereocenters. The number of rotatable bonds is 5. The van der Waals surface area contributed by atoms with Crippen molar-refractivity contribution in [1.29, 1.82) is 0 Å². The summed E-state index contributed by atoms with van der Waals surface area (Å²) in [6.45, 7) is -0.661. The van der Waals surface area contributed by atoms with Crippen molar-refractivity contribution in [1.82, 2.24) is 9.97 Å². The Morgan fingerprint density at radius 1 is 1.32 bits per heavy atom. The summed E-state index contributed by atoms with van der Waals surface area (Å²) < 4.78 is 25.4. The van der Waals surface area contributed by atoms with Crippen LogP contribution in [-0.2, 0) is 14.8 Å². The summed E-state index contributed by atoms with van der Waals surface area (Å²) >= 11 is 0. The number of carboxylic acids is 1. The summed E-state index contributed by atoms with van der Waals surface area (Å²) in [4.78, 5) is 17.0. The highest BCUT2D eigenvalue weighted by Gasteiger charge is 2.27. The lowest BCUT2D eigenvalue weighted by Crippen LogP contribution is -2.35. The van der Waals surface area contributed by atoms with E-state index in [2.05, 4.69) is 9.97 Å². The van der Waals surface area contributed by atoms with Gasteiger partial charge in [0, 0.05) is 0 Å². The van der Waals surface area contributed by atoms with E-state index in [4.69, 9.17) is 5.11 Å². The third kappa shape index (κ3) is 2.74. The summed E-state index contributed by atoms with van der Waals surface area (Å²) in [6.07, 6.45) is 2.35. The first kappa shape index (κ1) is 13.1. The molecular formula is C11H11N3O4S. The molecule has 2 aromatic rings. The van der Waals surface area contributed by atoms with Gasteiger partial charge in [-0.3, -0.25) is 9.10 Å².